The van der Waals surface area contributed by atoms with Gasteiger partial charge < -0.3 is 10.2 Å². The number of piperidine rings is 1. The molecule has 3 heterocycles. The number of fused-ring (bicyclic) bond motifs is 1. The maximum Gasteiger partial charge on any atom is 0.244 e. The van der Waals surface area contributed by atoms with E-state index in [9.17, 15) is 18.0 Å². The average Bonchev–Trinajstić information content (AvgIpc) is 3.24. The highest BCUT2D eigenvalue weighted by Gasteiger charge is 2.35. The largest absolute Gasteiger partial charge is 0.350 e. The number of hydrogen-bond acceptors (Lipinski definition) is 5. The Bertz CT molecular complexity index is 1150. The van der Waals surface area contributed by atoms with Crippen LogP contribution in [0.2, 0.25) is 0 Å². The maximum absolute atomic E-state index is 13.4. The lowest BCUT2D eigenvalue weighted by Gasteiger charge is -2.31. The van der Waals surface area contributed by atoms with E-state index < -0.39 is 10.0 Å². The minimum Gasteiger partial charge on any atom is -0.350 e. The lowest BCUT2D eigenvalue weighted by molar-refractivity contribution is -0.126. The van der Waals surface area contributed by atoms with Crippen molar-refractivity contribution < 1.29 is 18.0 Å². The molecule has 0 atom stereocenters. The van der Waals surface area contributed by atoms with Gasteiger partial charge in [-0.05, 0) is 65.0 Å². The molecule has 1 aromatic carbocycles. The van der Waals surface area contributed by atoms with Crippen LogP contribution in [0.3, 0.4) is 0 Å². The molecule has 4 rings (SSSR count). The van der Waals surface area contributed by atoms with E-state index in [1.54, 1.807) is 24.1 Å². The third kappa shape index (κ3) is 4.97. The molecule has 2 amide bonds. The van der Waals surface area contributed by atoms with Gasteiger partial charge in [-0.15, -0.1) is 0 Å². The summed E-state index contributed by atoms with van der Waals surface area (Å²) in [6.07, 6.45) is 3.67. The maximum atomic E-state index is 13.4. The predicted octanol–water partition coefficient (Wildman–Crippen LogP) is 2.86. The molecule has 2 aromatic rings. The fourth-order valence-corrected chi connectivity index (χ4v) is 6.90. The molecule has 10 heteroatoms. The van der Waals surface area contributed by atoms with Crippen LogP contribution in [0, 0.1) is 5.92 Å². The van der Waals surface area contributed by atoms with Gasteiger partial charge in [0.05, 0.1) is 17.1 Å². The first-order valence-electron chi connectivity index (χ1n) is 11.1. The summed E-state index contributed by atoms with van der Waals surface area (Å²) in [5, 5.41) is 2.90. The molecule has 0 radical (unpaired) electrons. The first-order chi connectivity index (χ1) is 15.8. The van der Waals surface area contributed by atoms with E-state index in [-0.39, 0.29) is 35.7 Å². The van der Waals surface area contributed by atoms with E-state index in [0.29, 0.717) is 48.9 Å². The van der Waals surface area contributed by atoms with E-state index in [0.717, 1.165) is 11.3 Å². The number of halogens is 1. The normalized spacial score (nSPS) is 17.1. The molecule has 1 aromatic heterocycles. The van der Waals surface area contributed by atoms with Crippen LogP contribution in [0.5, 0.6) is 0 Å². The van der Waals surface area contributed by atoms with Crippen LogP contribution in [-0.4, -0.2) is 49.2 Å². The van der Waals surface area contributed by atoms with Crippen molar-refractivity contribution in [2.75, 3.05) is 24.5 Å². The number of rotatable bonds is 6. The van der Waals surface area contributed by atoms with Crippen LogP contribution in [0.15, 0.2) is 45.9 Å². The third-order valence-electron chi connectivity index (χ3n) is 6.24. The second-order valence-corrected chi connectivity index (χ2v) is 11.0. The number of sulfonamides is 1. The van der Waals surface area contributed by atoms with Crippen molar-refractivity contribution in [1.29, 1.82) is 0 Å². The summed E-state index contributed by atoms with van der Waals surface area (Å²) < 4.78 is 28.8. The second kappa shape index (κ2) is 9.90. The highest BCUT2D eigenvalue weighted by atomic mass is 79.9. The van der Waals surface area contributed by atoms with E-state index in [2.05, 4.69) is 26.2 Å². The number of nitrogens with zero attached hydrogens (tertiary/aromatic N) is 3. The molecule has 1 fully saturated rings. The zero-order valence-electron chi connectivity index (χ0n) is 18.5. The van der Waals surface area contributed by atoms with Gasteiger partial charge in [0.15, 0.2) is 0 Å². The first-order valence-corrected chi connectivity index (χ1v) is 13.3. The smallest absolute Gasteiger partial charge is 0.244 e. The van der Waals surface area contributed by atoms with Crippen molar-refractivity contribution in [3.8, 4) is 0 Å². The summed E-state index contributed by atoms with van der Waals surface area (Å²) in [5.41, 5.74) is 2.42. The van der Waals surface area contributed by atoms with Crippen LogP contribution < -0.4 is 10.2 Å². The van der Waals surface area contributed by atoms with Crippen LogP contribution in [-0.2, 0) is 32.6 Å². The second-order valence-electron chi connectivity index (χ2n) is 8.28. The monoisotopic (exact) mass is 534 g/mol. The number of carbonyl (C=O) groups is 2. The Morgan fingerprint density at radius 1 is 1.18 bits per heavy atom. The minimum atomic E-state index is -3.77. The standard InChI is InChI=1S/C23H27BrN4O4S/c1-2-22(29)28-12-8-17-13-19(24)21(14-20(17)28)33(31,32)27-10-6-16(7-11-27)23(30)26-15-18-5-3-4-9-25-18/h3-5,9,13-14,16H,2,6-8,10-12,15H2,1H3,(H,26,30). The number of nitrogens with one attached hydrogen (secondary N) is 1. The zero-order chi connectivity index (χ0) is 23.6. The topological polar surface area (TPSA) is 99.7 Å². The molecule has 2 aliphatic rings. The summed E-state index contributed by atoms with van der Waals surface area (Å²) in [4.78, 5) is 30.9. The summed E-state index contributed by atoms with van der Waals surface area (Å²) in [7, 11) is -3.77. The van der Waals surface area contributed by atoms with Gasteiger partial charge in [0, 0.05) is 48.3 Å². The molecule has 0 saturated carbocycles. The summed E-state index contributed by atoms with van der Waals surface area (Å²) in [6.45, 7) is 3.26. The van der Waals surface area contributed by atoms with E-state index in [4.69, 9.17) is 0 Å². The summed E-state index contributed by atoms with van der Waals surface area (Å²) in [5.74, 6) is -0.330. The number of benzene rings is 1. The number of aromatic nitrogens is 1. The Labute approximate surface area is 202 Å². The van der Waals surface area contributed by atoms with Crippen LogP contribution in [0.4, 0.5) is 5.69 Å². The van der Waals surface area contributed by atoms with Gasteiger partial charge in [-0.3, -0.25) is 14.6 Å². The molecule has 0 bridgehead atoms. The Kier molecular flexibility index (Phi) is 7.16. The molecular weight excluding hydrogens is 508 g/mol. The van der Waals surface area contributed by atoms with Crippen LogP contribution in [0.25, 0.3) is 0 Å². The quantitative estimate of drug-likeness (QED) is 0.614. The average molecular weight is 535 g/mol. The lowest BCUT2D eigenvalue weighted by atomic mass is 9.97. The number of amides is 2. The highest BCUT2D eigenvalue weighted by molar-refractivity contribution is 9.10. The Hall–Kier alpha value is -2.30. The van der Waals surface area contributed by atoms with Crippen molar-refractivity contribution in [1.82, 2.24) is 14.6 Å². The number of pyridine rings is 1. The van der Waals surface area contributed by atoms with E-state index in [1.807, 2.05) is 24.3 Å². The van der Waals surface area contributed by atoms with Crippen LogP contribution >= 0.6 is 15.9 Å². The van der Waals surface area contributed by atoms with Crippen molar-refractivity contribution >= 4 is 43.5 Å². The van der Waals surface area contributed by atoms with Crippen molar-refractivity contribution in [3.63, 3.8) is 0 Å². The summed E-state index contributed by atoms with van der Waals surface area (Å²) in [6, 6.07) is 8.95. The molecule has 1 saturated heterocycles. The van der Waals surface area contributed by atoms with Crippen molar-refractivity contribution in [2.45, 2.75) is 44.0 Å². The van der Waals surface area contributed by atoms with Gasteiger partial charge in [-0.25, -0.2) is 8.42 Å². The molecule has 1 N–H and O–H groups in total. The molecule has 33 heavy (non-hydrogen) atoms. The lowest BCUT2D eigenvalue weighted by Crippen LogP contribution is -2.43. The molecule has 0 aliphatic carbocycles. The first kappa shape index (κ1) is 23.8. The van der Waals surface area contributed by atoms with Gasteiger partial charge in [0.1, 0.15) is 0 Å². The summed E-state index contributed by atoms with van der Waals surface area (Å²) >= 11 is 3.42. The van der Waals surface area contributed by atoms with E-state index >= 15 is 0 Å². The Balaban J connectivity index is 1.43. The zero-order valence-corrected chi connectivity index (χ0v) is 20.9. The number of carbonyl (C=O) groups excluding carboxylic acids is 2. The molecule has 2 aliphatic heterocycles. The van der Waals surface area contributed by atoms with Gasteiger partial charge in [0.25, 0.3) is 0 Å². The number of anilines is 1. The fraction of sp³-hybridized carbons (Fsp3) is 0.435. The third-order valence-corrected chi connectivity index (χ3v) is 9.10. The van der Waals surface area contributed by atoms with Crippen molar-refractivity contribution in [3.05, 3.63) is 52.3 Å². The van der Waals surface area contributed by atoms with Crippen LogP contribution in [0.1, 0.15) is 37.4 Å². The molecule has 176 valence electrons. The van der Waals surface area contributed by atoms with E-state index in [1.165, 1.54) is 4.31 Å². The van der Waals surface area contributed by atoms with Crippen molar-refractivity contribution in [2.24, 2.45) is 5.92 Å². The molecule has 8 nitrogen and oxygen atoms in total. The van der Waals surface area contributed by atoms with Gasteiger partial charge in [0.2, 0.25) is 21.8 Å². The highest BCUT2D eigenvalue weighted by Crippen LogP contribution is 2.37. The van der Waals surface area contributed by atoms with Gasteiger partial charge in [-0.2, -0.15) is 4.31 Å². The molecule has 0 spiro atoms. The van der Waals surface area contributed by atoms with Gasteiger partial charge >= 0.3 is 0 Å². The Morgan fingerprint density at radius 2 is 1.94 bits per heavy atom. The SMILES string of the molecule is CCC(=O)N1CCc2cc(Br)c(S(=O)(=O)N3CCC(C(=O)NCc4ccccn4)CC3)cc21. The molecular formula is C23H27BrN4O4S. The number of hydrogen-bond donors (Lipinski definition) is 1. The minimum absolute atomic E-state index is 0.0167. The molecule has 0 unspecified atom stereocenters. The fourth-order valence-electron chi connectivity index (χ4n) is 4.36. The Morgan fingerprint density at radius 3 is 2.61 bits per heavy atom. The predicted molar refractivity (Wildman–Crippen MR) is 128 cm³/mol. The van der Waals surface area contributed by atoms with Gasteiger partial charge in [-0.1, -0.05) is 13.0 Å².